The predicted octanol–water partition coefficient (Wildman–Crippen LogP) is 3.77. The molecule has 0 saturated heterocycles. The number of nitrogens with zero attached hydrogens (tertiary/aromatic N) is 1. The lowest BCUT2D eigenvalue weighted by molar-refractivity contribution is 0.232. The second-order valence-electron chi connectivity index (χ2n) is 5.77. The number of hydrogen-bond acceptors (Lipinski definition) is 2. The maximum absolute atomic E-state index is 4.31. The van der Waals surface area contributed by atoms with Crippen LogP contribution in [-0.2, 0) is 0 Å². The molecule has 2 rings (SSSR count). The number of hydrogen-bond donors (Lipinski definition) is 1. The number of nitrogens with one attached hydrogen (secondary N) is 1. The van der Waals surface area contributed by atoms with Crippen molar-refractivity contribution in [2.24, 2.45) is 5.41 Å². The highest BCUT2D eigenvalue weighted by Gasteiger charge is 2.26. The molecule has 2 heteroatoms. The largest absolute Gasteiger partial charge is 0.381 e. The van der Waals surface area contributed by atoms with E-state index >= 15 is 0 Å². The van der Waals surface area contributed by atoms with E-state index in [2.05, 4.69) is 36.3 Å². The van der Waals surface area contributed by atoms with Crippen molar-refractivity contribution in [2.45, 2.75) is 52.5 Å². The first kappa shape index (κ1) is 11.4. The summed E-state index contributed by atoms with van der Waals surface area (Å²) in [5, 5.41) is 3.58. The lowest BCUT2D eigenvalue weighted by Gasteiger charge is -2.35. The van der Waals surface area contributed by atoms with Gasteiger partial charge in [0.2, 0.25) is 0 Å². The van der Waals surface area contributed by atoms with E-state index in [1.807, 2.05) is 13.1 Å². The fraction of sp³-hybridized carbons (Fsp3) is 0.643. The van der Waals surface area contributed by atoms with E-state index in [1.165, 1.54) is 25.7 Å². The molecule has 0 amide bonds. The minimum Gasteiger partial charge on any atom is -0.381 e. The van der Waals surface area contributed by atoms with Crippen molar-refractivity contribution in [3.05, 3.63) is 24.0 Å². The molecule has 0 aliphatic heterocycles. The van der Waals surface area contributed by atoms with Gasteiger partial charge in [-0.2, -0.15) is 0 Å². The molecule has 1 saturated carbocycles. The van der Waals surface area contributed by atoms with Crippen molar-refractivity contribution in [2.75, 3.05) is 5.32 Å². The maximum Gasteiger partial charge on any atom is 0.0529 e. The highest BCUT2D eigenvalue weighted by molar-refractivity contribution is 5.41. The molecular weight excluding hydrogens is 196 g/mol. The highest BCUT2D eigenvalue weighted by Crippen LogP contribution is 2.35. The summed E-state index contributed by atoms with van der Waals surface area (Å²) in [6.45, 7) is 6.76. The average Bonchev–Trinajstić information content (AvgIpc) is 2.24. The van der Waals surface area contributed by atoms with Crippen LogP contribution in [0.15, 0.2) is 18.3 Å². The smallest absolute Gasteiger partial charge is 0.0529 e. The monoisotopic (exact) mass is 218 g/mol. The Hall–Kier alpha value is -1.05. The first-order chi connectivity index (χ1) is 7.55. The summed E-state index contributed by atoms with van der Waals surface area (Å²) in [7, 11) is 0. The molecule has 0 radical (unpaired) electrons. The lowest BCUT2D eigenvalue weighted by atomic mass is 9.75. The quantitative estimate of drug-likeness (QED) is 0.817. The van der Waals surface area contributed by atoms with Crippen LogP contribution in [0.4, 0.5) is 5.69 Å². The van der Waals surface area contributed by atoms with Gasteiger partial charge in [0.15, 0.2) is 0 Å². The van der Waals surface area contributed by atoms with E-state index in [1.54, 1.807) is 0 Å². The van der Waals surface area contributed by atoms with Crippen molar-refractivity contribution in [1.29, 1.82) is 0 Å². The predicted molar refractivity (Wildman–Crippen MR) is 68.6 cm³/mol. The van der Waals surface area contributed by atoms with Gasteiger partial charge in [-0.1, -0.05) is 13.8 Å². The first-order valence-electron chi connectivity index (χ1n) is 6.24. The van der Waals surface area contributed by atoms with E-state index in [0.717, 1.165) is 11.4 Å². The third kappa shape index (κ3) is 2.97. The Kier molecular flexibility index (Phi) is 3.17. The molecule has 16 heavy (non-hydrogen) atoms. The third-order valence-corrected chi connectivity index (χ3v) is 3.62. The number of pyridine rings is 1. The summed E-state index contributed by atoms with van der Waals surface area (Å²) in [5.74, 6) is 0. The van der Waals surface area contributed by atoms with Gasteiger partial charge in [-0.25, -0.2) is 0 Å². The fourth-order valence-electron chi connectivity index (χ4n) is 2.33. The second kappa shape index (κ2) is 4.44. The van der Waals surface area contributed by atoms with Crippen LogP contribution < -0.4 is 5.32 Å². The molecule has 0 bridgehead atoms. The SMILES string of the molecule is Cc1ccc(NC2CCC(C)(C)CC2)cn1. The van der Waals surface area contributed by atoms with Gasteiger partial charge < -0.3 is 5.32 Å². The van der Waals surface area contributed by atoms with E-state index in [9.17, 15) is 0 Å². The Labute approximate surface area is 98.5 Å². The zero-order chi connectivity index (χ0) is 11.6. The first-order valence-corrected chi connectivity index (χ1v) is 6.24. The fourth-order valence-corrected chi connectivity index (χ4v) is 2.33. The van der Waals surface area contributed by atoms with E-state index in [-0.39, 0.29) is 0 Å². The summed E-state index contributed by atoms with van der Waals surface area (Å²) in [6, 6.07) is 4.83. The number of aryl methyl sites for hydroxylation is 1. The minimum atomic E-state index is 0.545. The molecule has 0 aromatic carbocycles. The van der Waals surface area contributed by atoms with Crippen LogP contribution in [0.2, 0.25) is 0 Å². The van der Waals surface area contributed by atoms with Gasteiger partial charge in [0.05, 0.1) is 11.9 Å². The van der Waals surface area contributed by atoms with Crippen molar-refractivity contribution in [3.63, 3.8) is 0 Å². The van der Waals surface area contributed by atoms with Gasteiger partial charge in [-0.05, 0) is 50.2 Å². The van der Waals surface area contributed by atoms with E-state index in [4.69, 9.17) is 0 Å². The van der Waals surface area contributed by atoms with Crippen LogP contribution in [0.5, 0.6) is 0 Å². The zero-order valence-electron chi connectivity index (χ0n) is 10.6. The Morgan fingerprint density at radius 3 is 2.50 bits per heavy atom. The molecule has 1 aliphatic carbocycles. The molecule has 1 fully saturated rings. The lowest BCUT2D eigenvalue weighted by Crippen LogP contribution is -2.29. The van der Waals surface area contributed by atoms with Gasteiger partial charge in [-0.3, -0.25) is 4.98 Å². The standard InChI is InChI=1S/C14H22N2/c1-11-4-5-13(10-15-11)16-12-6-8-14(2,3)9-7-12/h4-5,10,12,16H,6-9H2,1-3H3. The molecule has 2 nitrogen and oxygen atoms in total. The maximum atomic E-state index is 4.31. The average molecular weight is 218 g/mol. The Morgan fingerprint density at radius 1 is 1.25 bits per heavy atom. The minimum absolute atomic E-state index is 0.545. The topological polar surface area (TPSA) is 24.9 Å². The molecule has 0 atom stereocenters. The normalized spacial score (nSPS) is 20.7. The second-order valence-corrected chi connectivity index (χ2v) is 5.77. The van der Waals surface area contributed by atoms with Gasteiger partial charge in [0.25, 0.3) is 0 Å². The van der Waals surface area contributed by atoms with Gasteiger partial charge in [0, 0.05) is 11.7 Å². The molecular formula is C14H22N2. The third-order valence-electron chi connectivity index (χ3n) is 3.62. The molecule has 1 N–H and O–H groups in total. The highest BCUT2D eigenvalue weighted by atomic mass is 14.9. The number of rotatable bonds is 2. The van der Waals surface area contributed by atoms with E-state index < -0.39 is 0 Å². The summed E-state index contributed by atoms with van der Waals surface area (Å²) >= 11 is 0. The Balaban J connectivity index is 1.89. The van der Waals surface area contributed by atoms with Crippen molar-refractivity contribution in [1.82, 2.24) is 4.98 Å². The molecule has 1 aromatic rings. The van der Waals surface area contributed by atoms with Crippen LogP contribution in [0.25, 0.3) is 0 Å². The van der Waals surface area contributed by atoms with Crippen LogP contribution in [0, 0.1) is 12.3 Å². The Bertz CT molecular complexity index is 330. The van der Waals surface area contributed by atoms with E-state index in [0.29, 0.717) is 11.5 Å². The molecule has 88 valence electrons. The van der Waals surface area contributed by atoms with Crippen LogP contribution in [-0.4, -0.2) is 11.0 Å². The van der Waals surface area contributed by atoms with Crippen LogP contribution >= 0.6 is 0 Å². The summed E-state index contributed by atoms with van der Waals surface area (Å²) in [4.78, 5) is 4.31. The molecule has 1 heterocycles. The number of anilines is 1. The van der Waals surface area contributed by atoms with Crippen LogP contribution in [0.1, 0.15) is 45.2 Å². The van der Waals surface area contributed by atoms with Crippen molar-refractivity contribution < 1.29 is 0 Å². The van der Waals surface area contributed by atoms with Gasteiger partial charge >= 0.3 is 0 Å². The summed E-state index contributed by atoms with van der Waals surface area (Å²) < 4.78 is 0. The molecule has 0 spiro atoms. The molecule has 0 unspecified atom stereocenters. The van der Waals surface area contributed by atoms with Crippen molar-refractivity contribution >= 4 is 5.69 Å². The zero-order valence-corrected chi connectivity index (χ0v) is 10.6. The molecule has 1 aliphatic rings. The Morgan fingerprint density at radius 2 is 1.94 bits per heavy atom. The van der Waals surface area contributed by atoms with Gasteiger partial charge in [-0.15, -0.1) is 0 Å². The van der Waals surface area contributed by atoms with Gasteiger partial charge in [0.1, 0.15) is 0 Å². The van der Waals surface area contributed by atoms with Crippen LogP contribution in [0.3, 0.4) is 0 Å². The molecule has 1 aromatic heterocycles. The summed E-state index contributed by atoms with van der Waals surface area (Å²) in [6.07, 6.45) is 7.14. The summed E-state index contributed by atoms with van der Waals surface area (Å²) in [5.41, 5.74) is 2.79. The number of aromatic nitrogens is 1. The van der Waals surface area contributed by atoms with Crippen molar-refractivity contribution in [3.8, 4) is 0 Å².